The van der Waals surface area contributed by atoms with Crippen molar-refractivity contribution in [1.29, 1.82) is 0 Å². The number of hydrogen-bond acceptors (Lipinski definition) is 5. The van der Waals surface area contributed by atoms with Crippen LogP contribution < -0.4 is 9.47 Å². The Kier molecular flexibility index (Phi) is 4.67. The molecule has 0 spiro atoms. The summed E-state index contributed by atoms with van der Waals surface area (Å²) >= 11 is 5.84. The fraction of sp³-hybridized carbons (Fsp3) is 0.0455. The summed E-state index contributed by atoms with van der Waals surface area (Å²) < 4.78 is 11.1. The van der Waals surface area contributed by atoms with Gasteiger partial charge < -0.3 is 9.47 Å². The SMILES string of the molecule is Cc1cc(OC(=O)c2ccc(Cl)cc2)cc2c1C(=O)/C(=C/c1ccccn1)O2. The lowest BCUT2D eigenvalue weighted by Gasteiger charge is -2.08. The molecule has 0 aliphatic carbocycles. The lowest BCUT2D eigenvalue weighted by molar-refractivity contribution is 0.0734. The maximum Gasteiger partial charge on any atom is 0.343 e. The Balaban J connectivity index is 1.60. The van der Waals surface area contributed by atoms with Crippen LogP contribution in [0.5, 0.6) is 11.5 Å². The van der Waals surface area contributed by atoms with Gasteiger partial charge in [-0.15, -0.1) is 0 Å². The third-order valence-corrected chi connectivity index (χ3v) is 4.45. The van der Waals surface area contributed by atoms with Crippen molar-refractivity contribution in [3.8, 4) is 11.5 Å². The number of allylic oxidation sites excluding steroid dienone is 1. The molecule has 6 heteroatoms. The average Bonchev–Trinajstić information content (AvgIpc) is 2.99. The molecule has 0 fully saturated rings. The van der Waals surface area contributed by atoms with Gasteiger partial charge in [0.25, 0.3) is 0 Å². The van der Waals surface area contributed by atoms with E-state index < -0.39 is 5.97 Å². The molecule has 4 rings (SSSR count). The number of ketones is 1. The quantitative estimate of drug-likeness (QED) is 0.361. The zero-order chi connectivity index (χ0) is 19.7. The molecule has 0 saturated heterocycles. The van der Waals surface area contributed by atoms with Crippen molar-refractivity contribution in [2.75, 3.05) is 0 Å². The van der Waals surface area contributed by atoms with Crippen LogP contribution in [0.1, 0.15) is 32.0 Å². The van der Waals surface area contributed by atoms with Crippen LogP contribution in [0.25, 0.3) is 6.08 Å². The van der Waals surface area contributed by atoms with Gasteiger partial charge in [0.2, 0.25) is 5.78 Å². The Morgan fingerprint density at radius 2 is 1.93 bits per heavy atom. The first-order valence-corrected chi connectivity index (χ1v) is 8.87. The number of rotatable bonds is 3. The summed E-state index contributed by atoms with van der Waals surface area (Å²) in [6.45, 7) is 1.77. The van der Waals surface area contributed by atoms with Gasteiger partial charge in [-0.2, -0.15) is 0 Å². The van der Waals surface area contributed by atoms with Crippen LogP contribution in [0.3, 0.4) is 0 Å². The molecule has 0 unspecified atom stereocenters. The largest absolute Gasteiger partial charge is 0.452 e. The van der Waals surface area contributed by atoms with Crippen molar-refractivity contribution in [2.45, 2.75) is 6.92 Å². The molecule has 1 aliphatic rings. The van der Waals surface area contributed by atoms with Crippen molar-refractivity contribution >= 4 is 29.4 Å². The highest BCUT2D eigenvalue weighted by molar-refractivity contribution is 6.30. The van der Waals surface area contributed by atoms with E-state index in [4.69, 9.17) is 21.1 Å². The molecule has 1 aliphatic heterocycles. The molecular formula is C22H14ClNO4. The first-order chi connectivity index (χ1) is 13.5. The van der Waals surface area contributed by atoms with E-state index in [-0.39, 0.29) is 11.5 Å². The Labute approximate surface area is 166 Å². The van der Waals surface area contributed by atoms with E-state index in [1.54, 1.807) is 61.7 Å². The molecule has 0 amide bonds. The van der Waals surface area contributed by atoms with Crippen molar-refractivity contribution in [2.24, 2.45) is 0 Å². The minimum Gasteiger partial charge on any atom is -0.452 e. The van der Waals surface area contributed by atoms with E-state index in [2.05, 4.69) is 4.98 Å². The summed E-state index contributed by atoms with van der Waals surface area (Å²) in [5, 5.41) is 0.532. The average molecular weight is 392 g/mol. The van der Waals surface area contributed by atoms with Crippen LogP contribution >= 0.6 is 11.6 Å². The van der Waals surface area contributed by atoms with E-state index in [1.165, 1.54) is 6.07 Å². The molecule has 3 aromatic rings. The Morgan fingerprint density at radius 1 is 1.14 bits per heavy atom. The molecule has 0 saturated carbocycles. The molecule has 1 aromatic heterocycles. The zero-order valence-electron chi connectivity index (χ0n) is 14.8. The lowest BCUT2D eigenvalue weighted by Crippen LogP contribution is -2.08. The second-order valence-corrected chi connectivity index (χ2v) is 6.64. The zero-order valence-corrected chi connectivity index (χ0v) is 15.6. The molecule has 2 aromatic carbocycles. The molecule has 138 valence electrons. The predicted octanol–water partition coefficient (Wildman–Crippen LogP) is 4.88. The molecule has 28 heavy (non-hydrogen) atoms. The minimum absolute atomic E-state index is 0.179. The molecule has 0 N–H and O–H groups in total. The van der Waals surface area contributed by atoms with Crippen LogP contribution in [-0.4, -0.2) is 16.7 Å². The fourth-order valence-corrected chi connectivity index (χ4v) is 3.01. The first kappa shape index (κ1) is 17.9. The van der Waals surface area contributed by atoms with E-state index >= 15 is 0 Å². The molecule has 0 bridgehead atoms. The van der Waals surface area contributed by atoms with E-state index in [1.807, 2.05) is 6.07 Å². The van der Waals surface area contributed by atoms with Crippen LogP contribution in [0, 0.1) is 6.92 Å². The van der Waals surface area contributed by atoms with Gasteiger partial charge in [0, 0.05) is 23.4 Å². The number of aromatic nitrogens is 1. The molecule has 2 heterocycles. The highest BCUT2D eigenvalue weighted by Gasteiger charge is 2.30. The van der Waals surface area contributed by atoms with Gasteiger partial charge in [-0.3, -0.25) is 9.78 Å². The number of carbonyl (C=O) groups is 2. The number of halogens is 1. The summed E-state index contributed by atoms with van der Waals surface area (Å²) in [5.41, 5.74) is 2.10. The number of hydrogen-bond donors (Lipinski definition) is 0. The number of esters is 1. The predicted molar refractivity (Wildman–Crippen MR) is 105 cm³/mol. The van der Waals surface area contributed by atoms with Gasteiger partial charge in [0.1, 0.15) is 11.5 Å². The van der Waals surface area contributed by atoms with Crippen molar-refractivity contribution in [1.82, 2.24) is 4.98 Å². The number of nitrogens with zero attached hydrogens (tertiary/aromatic N) is 1. The number of ether oxygens (including phenoxy) is 2. The number of benzene rings is 2. The maximum atomic E-state index is 12.7. The maximum absolute atomic E-state index is 12.7. The molecule has 0 atom stereocenters. The summed E-state index contributed by atoms with van der Waals surface area (Å²) in [4.78, 5) is 29.2. The Hall–Kier alpha value is -3.44. The van der Waals surface area contributed by atoms with E-state index in [9.17, 15) is 9.59 Å². The van der Waals surface area contributed by atoms with Crippen LogP contribution in [0.15, 0.2) is 66.6 Å². The first-order valence-electron chi connectivity index (χ1n) is 8.49. The highest BCUT2D eigenvalue weighted by atomic mass is 35.5. The number of aryl methyl sites for hydroxylation is 1. The van der Waals surface area contributed by atoms with Gasteiger partial charge in [0.05, 0.1) is 16.8 Å². The topological polar surface area (TPSA) is 65.5 Å². The van der Waals surface area contributed by atoms with Gasteiger partial charge in [-0.1, -0.05) is 17.7 Å². The summed E-state index contributed by atoms with van der Waals surface area (Å²) in [7, 11) is 0. The second-order valence-electron chi connectivity index (χ2n) is 6.20. The third-order valence-electron chi connectivity index (χ3n) is 4.20. The normalized spacial score (nSPS) is 13.9. The van der Waals surface area contributed by atoms with Gasteiger partial charge in [-0.05, 0) is 55.0 Å². The van der Waals surface area contributed by atoms with Crippen molar-refractivity contribution < 1.29 is 19.1 Å². The smallest absolute Gasteiger partial charge is 0.343 e. The van der Waals surface area contributed by atoms with Crippen molar-refractivity contribution in [3.63, 3.8) is 0 Å². The minimum atomic E-state index is -0.524. The second kappa shape index (κ2) is 7.29. The number of Topliss-reactive ketones (excluding diaryl/α,β-unsaturated/α-hetero) is 1. The molecular weight excluding hydrogens is 378 g/mol. The summed E-state index contributed by atoms with van der Waals surface area (Å²) in [6, 6.07) is 15.0. The van der Waals surface area contributed by atoms with Crippen LogP contribution in [0.2, 0.25) is 5.02 Å². The lowest BCUT2D eigenvalue weighted by atomic mass is 10.0. The van der Waals surface area contributed by atoms with E-state index in [0.717, 1.165) is 0 Å². The summed E-state index contributed by atoms with van der Waals surface area (Å²) in [5.74, 6) is 0.0745. The van der Waals surface area contributed by atoms with Crippen LogP contribution in [0.4, 0.5) is 0 Å². The van der Waals surface area contributed by atoms with E-state index in [0.29, 0.717) is 38.9 Å². The Morgan fingerprint density at radius 3 is 2.64 bits per heavy atom. The standard InChI is InChI=1S/C22H14ClNO4/c1-13-10-17(27-22(26)14-5-7-15(23)8-6-14)12-18-20(13)21(25)19(28-18)11-16-4-2-3-9-24-16/h2-12H,1H3/b19-11-. The van der Waals surface area contributed by atoms with Gasteiger partial charge in [-0.25, -0.2) is 4.79 Å². The molecule has 5 nitrogen and oxygen atoms in total. The van der Waals surface area contributed by atoms with Gasteiger partial charge >= 0.3 is 5.97 Å². The van der Waals surface area contributed by atoms with Gasteiger partial charge in [0.15, 0.2) is 5.76 Å². The number of fused-ring (bicyclic) bond motifs is 1. The van der Waals surface area contributed by atoms with Crippen LogP contribution in [-0.2, 0) is 0 Å². The number of carbonyl (C=O) groups excluding carboxylic acids is 2. The Bertz CT molecular complexity index is 1110. The van der Waals surface area contributed by atoms with Crippen molar-refractivity contribution in [3.05, 3.63) is 94.0 Å². The fourth-order valence-electron chi connectivity index (χ4n) is 2.88. The molecule has 0 radical (unpaired) electrons. The summed E-state index contributed by atoms with van der Waals surface area (Å²) in [6.07, 6.45) is 3.22. The highest BCUT2D eigenvalue weighted by Crippen LogP contribution is 2.37. The third kappa shape index (κ3) is 3.52. The monoisotopic (exact) mass is 391 g/mol. The number of pyridine rings is 1.